The molecule has 0 saturated heterocycles. The number of pyridine rings is 1. The van der Waals surface area contributed by atoms with Crippen LogP contribution in [0.5, 0.6) is 0 Å². The number of anilines is 1. The summed E-state index contributed by atoms with van der Waals surface area (Å²) >= 11 is 0. The van der Waals surface area contributed by atoms with Gasteiger partial charge in [0.1, 0.15) is 17.8 Å². The summed E-state index contributed by atoms with van der Waals surface area (Å²) in [7, 11) is 0. The first-order valence-corrected chi connectivity index (χ1v) is 9.86. The van der Waals surface area contributed by atoms with Crippen molar-refractivity contribution in [2.45, 2.75) is 38.8 Å². The Labute approximate surface area is 171 Å². The number of fused-ring (bicyclic) bond motifs is 2. The molecule has 1 aromatic carbocycles. The zero-order chi connectivity index (χ0) is 21.0. The molecule has 0 spiro atoms. The van der Waals surface area contributed by atoms with Crippen LogP contribution in [0.25, 0.3) is 21.8 Å². The highest BCUT2D eigenvalue weighted by Crippen LogP contribution is 2.37. The number of nitrogens with one attached hydrogen (secondary N) is 2. The molecule has 0 aliphatic heterocycles. The third-order valence-corrected chi connectivity index (χ3v) is 5.63. The number of amides is 1. The molecular formula is C21H21N7O2. The van der Waals surface area contributed by atoms with Gasteiger partial charge in [0.25, 0.3) is 11.5 Å². The summed E-state index contributed by atoms with van der Waals surface area (Å²) in [6.07, 6.45) is 3.35. The van der Waals surface area contributed by atoms with Crippen LogP contribution in [0.15, 0.2) is 35.4 Å². The number of aryl methyl sites for hydroxylation is 1. The summed E-state index contributed by atoms with van der Waals surface area (Å²) in [4.78, 5) is 33.5. The number of nitrogens with two attached hydrogens (primary N) is 1. The van der Waals surface area contributed by atoms with Gasteiger partial charge in [-0.25, -0.2) is 9.97 Å². The summed E-state index contributed by atoms with van der Waals surface area (Å²) < 4.78 is 1.90. The number of carbonyl (C=O) groups excluding carboxylic acids is 1. The van der Waals surface area contributed by atoms with Crippen molar-refractivity contribution >= 4 is 33.5 Å². The number of rotatable bonds is 5. The van der Waals surface area contributed by atoms with Gasteiger partial charge in [-0.3, -0.25) is 14.7 Å². The summed E-state index contributed by atoms with van der Waals surface area (Å²) in [5, 5.41) is 12.1. The number of carbonyl (C=O) groups is 1. The lowest BCUT2D eigenvalue weighted by molar-refractivity contribution is 0.0997. The van der Waals surface area contributed by atoms with E-state index in [9.17, 15) is 9.59 Å². The monoisotopic (exact) mass is 403 g/mol. The minimum Gasteiger partial charge on any atom is -0.364 e. The fraction of sp³-hybridized carbons (Fsp3) is 0.286. The highest BCUT2D eigenvalue weighted by Gasteiger charge is 2.30. The van der Waals surface area contributed by atoms with Crippen molar-refractivity contribution in [3.8, 4) is 0 Å². The van der Waals surface area contributed by atoms with E-state index in [1.807, 2.05) is 36.6 Å². The lowest BCUT2D eigenvalue weighted by atomic mass is 10.0. The van der Waals surface area contributed by atoms with Gasteiger partial charge in [0.15, 0.2) is 5.65 Å². The Kier molecular flexibility index (Phi) is 4.05. The SMILES string of the molecule is Cc1cccc2cc([C@H](C)Nc3ncnc4n[nH]c(C(N)=O)c34)n(C3CC3)c(=O)c12. The Morgan fingerprint density at radius 3 is 2.83 bits per heavy atom. The molecule has 1 fully saturated rings. The molecule has 1 amide bonds. The number of aromatic nitrogens is 5. The van der Waals surface area contributed by atoms with Gasteiger partial charge in [0.05, 0.1) is 16.8 Å². The van der Waals surface area contributed by atoms with Crippen LogP contribution < -0.4 is 16.6 Å². The molecular weight excluding hydrogens is 382 g/mol. The maximum absolute atomic E-state index is 13.4. The van der Waals surface area contributed by atoms with E-state index in [0.717, 1.165) is 34.9 Å². The third-order valence-electron chi connectivity index (χ3n) is 5.63. The van der Waals surface area contributed by atoms with E-state index in [0.29, 0.717) is 16.9 Å². The zero-order valence-corrected chi connectivity index (χ0v) is 16.6. The van der Waals surface area contributed by atoms with Crippen molar-refractivity contribution in [3.63, 3.8) is 0 Å². The molecule has 3 heterocycles. The summed E-state index contributed by atoms with van der Waals surface area (Å²) in [6, 6.07) is 7.89. The predicted octanol–water partition coefficient (Wildman–Crippen LogP) is 2.58. The molecule has 30 heavy (non-hydrogen) atoms. The lowest BCUT2D eigenvalue weighted by Crippen LogP contribution is -2.26. The van der Waals surface area contributed by atoms with Gasteiger partial charge >= 0.3 is 0 Å². The molecule has 1 aliphatic carbocycles. The minimum atomic E-state index is -0.640. The van der Waals surface area contributed by atoms with E-state index < -0.39 is 5.91 Å². The summed E-state index contributed by atoms with van der Waals surface area (Å²) in [6.45, 7) is 3.93. The van der Waals surface area contributed by atoms with Crippen molar-refractivity contribution in [1.82, 2.24) is 24.7 Å². The van der Waals surface area contributed by atoms with Crippen LogP contribution in [0.1, 0.15) is 53.6 Å². The fourth-order valence-electron chi connectivity index (χ4n) is 4.04. The summed E-state index contributed by atoms with van der Waals surface area (Å²) in [5.74, 6) is -0.201. The number of primary amides is 1. The number of hydrogen-bond acceptors (Lipinski definition) is 6. The van der Waals surface area contributed by atoms with Crippen LogP contribution in [0, 0.1) is 6.92 Å². The van der Waals surface area contributed by atoms with Gasteiger partial charge in [-0.15, -0.1) is 0 Å². The average Bonchev–Trinajstić information content (AvgIpc) is 3.44. The molecule has 9 nitrogen and oxygen atoms in total. The number of benzene rings is 1. The standard InChI is InChI=1S/C21H21N7O2/c1-10-4-3-5-12-8-14(28(13-6-7-13)21(30)15(10)12)11(2)25-19-16-17(18(22)29)26-27-20(16)24-9-23-19/h3-5,8-9,11,13H,6-7H2,1-2H3,(H2,22,29)(H2,23,24,25,26,27)/t11-/m0/s1. The predicted molar refractivity (Wildman–Crippen MR) is 113 cm³/mol. The van der Waals surface area contributed by atoms with Gasteiger partial charge in [-0.1, -0.05) is 18.2 Å². The molecule has 4 N–H and O–H groups in total. The van der Waals surface area contributed by atoms with Crippen molar-refractivity contribution < 1.29 is 4.79 Å². The largest absolute Gasteiger partial charge is 0.364 e. The second-order valence-corrected chi connectivity index (χ2v) is 7.76. The van der Waals surface area contributed by atoms with E-state index in [1.165, 1.54) is 6.33 Å². The maximum Gasteiger partial charge on any atom is 0.267 e. The highest BCUT2D eigenvalue weighted by atomic mass is 16.1. The van der Waals surface area contributed by atoms with Gasteiger partial charge in [0.2, 0.25) is 0 Å². The van der Waals surface area contributed by atoms with E-state index in [4.69, 9.17) is 5.73 Å². The molecule has 9 heteroatoms. The Hall–Kier alpha value is -3.75. The Morgan fingerprint density at radius 2 is 2.10 bits per heavy atom. The minimum absolute atomic E-state index is 0.0331. The van der Waals surface area contributed by atoms with Crippen LogP contribution >= 0.6 is 0 Å². The van der Waals surface area contributed by atoms with Gasteiger partial charge in [-0.2, -0.15) is 5.10 Å². The van der Waals surface area contributed by atoms with Crippen LogP contribution in [-0.2, 0) is 0 Å². The number of aromatic amines is 1. The molecule has 0 unspecified atom stereocenters. The number of nitrogens with zero attached hydrogens (tertiary/aromatic N) is 4. The van der Waals surface area contributed by atoms with E-state index in [1.54, 1.807) is 0 Å². The Bertz CT molecular complexity index is 1370. The fourth-order valence-corrected chi connectivity index (χ4v) is 4.04. The molecule has 5 rings (SSSR count). The summed E-state index contributed by atoms with van der Waals surface area (Å²) in [5.41, 5.74) is 7.84. The molecule has 1 atom stereocenters. The second-order valence-electron chi connectivity index (χ2n) is 7.76. The molecule has 0 bridgehead atoms. The molecule has 1 saturated carbocycles. The molecule has 4 aromatic rings. The van der Waals surface area contributed by atoms with Crippen LogP contribution in [0.4, 0.5) is 5.82 Å². The van der Waals surface area contributed by atoms with E-state index >= 15 is 0 Å². The topological polar surface area (TPSA) is 132 Å². The first-order valence-electron chi connectivity index (χ1n) is 9.86. The smallest absolute Gasteiger partial charge is 0.267 e. The van der Waals surface area contributed by atoms with Crippen LogP contribution in [0.2, 0.25) is 0 Å². The average molecular weight is 403 g/mol. The lowest BCUT2D eigenvalue weighted by Gasteiger charge is -2.21. The first-order chi connectivity index (χ1) is 14.5. The van der Waals surface area contributed by atoms with Crippen molar-refractivity contribution in [2.75, 3.05) is 5.32 Å². The van der Waals surface area contributed by atoms with Crippen molar-refractivity contribution in [1.29, 1.82) is 0 Å². The van der Waals surface area contributed by atoms with Crippen molar-refractivity contribution in [2.24, 2.45) is 5.73 Å². The Balaban J connectivity index is 1.64. The van der Waals surface area contributed by atoms with Crippen LogP contribution in [-0.4, -0.2) is 30.6 Å². The van der Waals surface area contributed by atoms with Crippen LogP contribution in [0.3, 0.4) is 0 Å². The molecule has 1 aliphatic rings. The van der Waals surface area contributed by atoms with Gasteiger partial charge in [-0.05, 0) is 43.7 Å². The zero-order valence-electron chi connectivity index (χ0n) is 16.6. The van der Waals surface area contributed by atoms with E-state index in [2.05, 4.69) is 31.5 Å². The second kappa shape index (κ2) is 6.65. The number of H-pyrrole nitrogens is 1. The normalized spacial score (nSPS) is 14.9. The maximum atomic E-state index is 13.4. The third kappa shape index (κ3) is 2.81. The molecule has 3 aromatic heterocycles. The quantitative estimate of drug-likeness (QED) is 0.469. The molecule has 152 valence electrons. The Morgan fingerprint density at radius 1 is 1.30 bits per heavy atom. The molecule has 0 radical (unpaired) electrons. The van der Waals surface area contributed by atoms with E-state index in [-0.39, 0.29) is 23.3 Å². The van der Waals surface area contributed by atoms with Crippen molar-refractivity contribution in [3.05, 3.63) is 57.9 Å². The van der Waals surface area contributed by atoms with Gasteiger partial charge in [0, 0.05) is 11.7 Å². The van der Waals surface area contributed by atoms with Gasteiger partial charge < -0.3 is 15.6 Å². The first kappa shape index (κ1) is 18.3. The number of hydrogen-bond donors (Lipinski definition) is 3. The highest BCUT2D eigenvalue weighted by molar-refractivity contribution is 6.07.